The Balaban J connectivity index is 4.40. The molecule has 0 aromatic rings. The quantitative estimate of drug-likeness (QED) is 0.0262. The minimum atomic E-state index is -0.782. The van der Waals surface area contributed by atoms with Gasteiger partial charge in [0.05, 0.1) is 0 Å². The van der Waals surface area contributed by atoms with Gasteiger partial charge in [-0.1, -0.05) is 262 Å². The predicted octanol–water partition coefficient (Wildman–Crippen LogP) is 19.0. The fourth-order valence-electron chi connectivity index (χ4n) is 8.25. The summed E-state index contributed by atoms with van der Waals surface area (Å²) in [5.41, 5.74) is 0. The summed E-state index contributed by atoms with van der Waals surface area (Å²) in [4.78, 5) is 38.1. The fourth-order valence-corrected chi connectivity index (χ4v) is 8.25. The van der Waals surface area contributed by atoms with Crippen LogP contribution in [0.4, 0.5) is 0 Å². The summed E-state index contributed by atoms with van der Waals surface area (Å²) in [6.07, 6.45) is 66.6. The number of esters is 3. The molecule has 0 fully saturated rings. The van der Waals surface area contributed by atoms with Crippen molar-refractivity contribution in [1.29, 1.82) is 0 Å². The maximum Gasteiger partial charge on any atom is 0.306 e. The predicted molar refractivity (Wildman–Crippen MR) is 284 cm³/mol. The molecule has 0 aromatic carbocycles. The van der Waals surface area contributed by atoms with Gasteiger partial charge in [-0.2, -0.15) is 0 Å². The maximum absolute atomic E-state index is 12.8. The fraction of sp³-hybridized carbons (Fsp3) is 0.817. The van der Waals surface area contributed by atoms with Gasteiger partial charge in [-0.3, -0.25) is 14.4 Å². The number of carbonyl (C=O) groups is 3. The van der Waals surface area contributed by atoms with E-state index in [0.717, 1.165) is 83.5 Å². The minimum Gasteiger partial charge on any atom is -0.462 e. The molecule has 1 atom stereocenters. The van der Waals surface area contributed by atoms with Crippen LogP contribution < -0.4 is 0 Å². The molecular formula is C60H108O6. The van der Waals surface area contributed by atoms with Crippen molar-refractivity contribution in [3.05, 3.63) is 48.6 Å². The second-order valence-corrected chi connectivity index (χ2v) is 19.2. The summed E-state index contributed by atoms with van der Waals surface area (Å²) >= 11 is 0. The molecule has 0 spiro atoms. The van der Waals surface area contributed by atoms with Gasteiger partial charge in [-0.15, -0.1) is 0 Å². The average molecular weight is 926 g/mol. The van der Waals surface area contributed by atoms with Gasteiger partial charge in [0.15, 0.2) is 6.10 Å². The monoisotopic (exact) mass is 925 g/mol. The van der Waals surface area contributed by atoms with Crippen molar-refractivity contribution < 1.29 is 28.6 Å². The van der Waals surface area contributed by atoms with Crippen LogP contribution in [-0.4, -0.2) is 37.2 Å². The molecule has 0 saturated heterocycles. The van der Waals surface area contributed by atoms with Crippen molar-refractivity contribution in [3.8, 4) is 0 Å². The third-order valence-corrected chi connectivity index (χ3v) is 12.6. The molecule has 384 valence electrons. The molecular weight excluding hydrogens is 817 g/mol. The zero-order valence-electron chi connectivity index (χ0n) is 44.0. The Labute approximate surface area is 409 Å². The third-order valence-electron chi connectivity index (χ3n) is 12.6. The van der Waals surface area contributed by atoms with Crippen molar-refractivity contribution in [2.45, 2.75) is 303 Å². The molecule has 0 bridgehead atoms. The van der Waals surface area contributed by atoms with Crippen LogP contribution in [0.15, 0.2) is 48.6 Å². The smallest absolute Gasteiger partial charge is 0.306 e. The Morgan fingerprint density at radius 3 is 0.879 bits per heavy atom. The van der Waals surface area contributed by atoms with Gasteiger partial charge >= 0.3 is 17.9 Å². The highest BCUT2D eigenvalue weighted by Gasteiger charge is 2.19. The Morgan fingerprint density at radius 1 is 0.303 bits per heavy atom. The maximum atomic E-state index is 12.8. The lowest BCUT2D eigenvalue weighted by molar-refractivity contribution is -0.167. The first-order chi connectivity index (χ1) is 32.5. The number of hydrogen-bond donors (Lipinski definition) is 0. The molecule has 6 nitrogen and oxygen atoms in total. The van der Waals surface area contributed by atoms with Crippen LogP contribution in [0.5, 0.6) is 0 Å². The lowest BCUT2D eigenvalue weighted by Crippen LogP contribution is -2.30. The SMILES string of the molecule is CCCCC/C=C\C/C=C\C/C=C\C/C=C\CCCCCC(=O)OC[C@@H](COC(=O)CCCCCCCCCCCCCCCC)OC(=O)CCCCCCCCCCCCCCCCC. The lowest BCUT2D eigenvalue weighted by Gasteiger charge is -2.18. The summed E-state index contributed by atoms with van der Waals surface area (Å²) in [5.74, 6) is -0.895. The number of unbranched alkanes of at least 4 members (excludes halogenated alkanes) is 33. The third kappa shape index (κ3) is 52.3. The van der Waals surface area contributed by atoms with Crippen molar-refractivity contribution >= 4 is 17.9 Å². The van der Waals surface area contributed by atoms with Crippen LogP contribution in [-0.2, 0) is 28.6 Å². The van der Waals surface area contributed by atoms with Crippen LogP contribution >= 0.6 is 0 Å². The average Bonchev–Trinajstić information content (AvgIpc) is 3.31. The van der Waals surface area contributed by atoms with E-state index in [-0.39, 0.29) is 31.1 Å². The Bertz CT molecular complexity index is 1150. The van der Waals surface area contributed by atoms with E-state index in [1.807, 2.05) is 0 Å². The van der Waals surface area contributed by atoms with Gasteiger partial charge in [-0.25, -0.2) is 0 Å². The molecule has 66 heavy (non-hydrogen) atoms. The van der Waals surface area contributed by atoms with Gasteiger partial charge in [0.25, 0.3) is 0 Å². The molecule has 0 aliphatic rings. The zero-order valence-corrected chi connectivity index (χ0v) is 44.0. The number of ether oxygens (including phenoxy) is 3. The number of carbonyl (C=O) groups excluding carboxylic acids is 3. The summed E-state index contributed by atoms with van der Waals surface area (Å²) in [6, 6.07) is 0. The lowest BCUT2D eigenvalue weighted by atomic mass is 10.0. The molecule has 0 amide bonds. The molecule has 0 aliphatic carbocycles. The van der Waals surface area contributed by atoms with Gasteiger partial charge in [0.2, 0.25) is 0 Å². The second kappa shape index (κ2) is 55.0. The van der Waals surface area contributed by atoms with Gasteiger partial charge in [0, 0.05) is 19.3 Å². The van der Waals surface area contributed by atoms with Crippen molar-refractivity contribution in [1.82, 2.24) is 0 Å². The van der Waals surface area contributed by atoms with Crippen molar-refractivity contribution in [2.24, 2.45) is 0 Å². The molecule has 0 unspecified atom stereocenters. The topological polar surface area (TPSA) is 78.9 Å². The highest BCUT2D eigenvalue weighted by molar-refractivity contribution is 5.71. The van der Waals surface area contributed by atoms with E-state index >= 15 is 0 Å². The van der Waals surface area contributed by atoms with Crippen LogP contribution in [0.1, 0.15) is 297 Å². The minimum absolute atomic E-state index is 0.0790. The molecule has 0 saturated carbocycles. The van der Waals surface area contributed by atoms with Gasteiger partial charge in [-0.05, 0) is 64.2 Å². The van der Waals surface area contributed by atoms with Crippen molar-refractivity contribution in [3.63, 3.8) is 0 Å². The first-order valence-corrected chi connectivity index (χ1v) is 28.6. The summed E-state index contributed by atoms with van der Waals surface area (Å²) in [5, 5.41) is 0. The first kappa shape index (κ1) is 63.4. The molecule has 0 N–H and O–H groups in total. The van der Waals surface area contributed by atoms with Gasteiger partial charge in [0.1, 0.15) is 13.2 Å². The van der Waals surface area contributed by atoms with Crippen LogP contribution in [0, 0.1) is 0 Å². The Kier molecular flexibility index (Phi) is 52.8. The van der Waals surface area contributed by atoms with E-state index in [9.17, 15) is 14.4 Å². The van der Waals surface area contributed by atoms with Crippen LogP contribution in [0.25, 0.3) is 0 Å². The number of hydrogen-bond acceptors (Lipinski definition) is 6. The first-order valence-electron chi connectivity index (χ1n) is 28.6. The van der Waals surface area contributed by atoms with E-state index in [2.05, 4.69) is 69.4 Å². The van der Waals surface area contributed by atoms with E-state index in [1.165, 1.54) is 173 Å². The Morgan fingerprint density at radius 2 is 0.545 bits per heavy atom. The standard InChI is InChI=1S/C60H108O6/c1-4-7-10-13-16-19-22-25-28-29-30-31-33-35-38-41-44-47-50-53-59(62)65-56-57(55-64-58(61)52-49-46-43-40-37-34-27-24-21-18-15-12-9-6-3)66-60(63)54-51-48-45-42-39-36-32-26-23-20-17-14-11-8-5-2/h16,19,25,28,30-31,35,38,57H,4-15,17-18,20-24,26-27,29,32-34,36-37,39-56H2,1-3H3/b19-16-,28-25-,31-30-,38-35-/t57-/m1/s1. The largest absolute Gasteiger partial charge is 0.462 e. The Hall–Kier alpha value is -2.63. The van der Waals surface area contributed by atoms with E-state index in [0.29, 0.717) is 19.3 Å². The van der Waals surface area contributed by atoms with E-state index in [1.54, 1.807) is 0 Å². The second-order valence-electron chi connectivity index (χ2n) is 19.2. The normalized spacial score (nSPS) is 12.3. The number of allylic oxidation sites excluding steroid dienone is 8. The highest BCUT2D eigenvalue weighted by Crippen LogP contribution is 2.16. The summed E-state index contributed by atoms with van der Waals surface area (Å²) in [7, 11) is 0. The van der Waals surface area contributed by atoms with Gasteiger partial charge < -0.3 is 14.2 Å². The molecule has 0 aromatic heterocycles. The van der Waals surface area contributed by atoms with Crippen LogP contribution in [0.3, 0.4) is 0 Å². The molecule has 6 heteroatoms. The summed E-state index contributed by atoms with van der Waals surface area (Å²) < 4.78 is 16.8. The van der Waals surface area contributed by atoms with E-state index in [4.69, 9.17) is 14.2 Å². The van der Waals surface area contributed by atoms with Crippen LogP contribution in [0.2, 0.25) is 0 Å². The van der Waals surface area contributed by atoms with E-state index < -0.39 is 6.10 Å². The highest BCUT2D eigenvalue weighted by atomic mass is 16.6. The molecule has 0 rings (SSSR count). The zero-order chi connectivity index (χ0) is 47.9. The van der Waals surface area contributed by atoms with Crippen molar-refractivity contribution in [2.75, 3.05) is 13.2 Å². The number of rotatable bonds is 52. The molecule has 0 heterocycles. The summed E-state index contributed by atoms with van der Waals surface area (Å²) in [6.45, 7) is 6.62. The molecule has 0 aliphatic heterocycles. The molecule has 0 radical (unpaired) electrons.